The number of hydrogen-bond acceptors (Lipinski definition) is 3. The summed E-state index contributed by atoms with van der Waals surface area (Å²) in [4.78, 5) is 0. The minimum absolute atomic E-state index is 0.00358. The topological polar surface area (TPSA) is 38.7 Å². The molecule has 0 spiro atoms. The van der Waals surface area contributed by atoms with Crippen LogP contribution in [-0.2, 0) is 9.47 Å². The van der Waals surface area contributed by atoms with Gasteiger partial charge in [0, 0.05) is 0 Å². The Hall–Kier alpha value is 0.170. The van der Waals surface area contributed by atoms with E-state index in [9.17, 15) is 0 Å². The lowest BCUT2D eigenvalue weighted by Gasteiger charge is -2.09. The van der Waals surface area contributed by atoms with E-state index >= 15 is 0 Å². The van der Waals surface area contributed by atoms with Gasteiger partial charge in [-0.25, -0.2) is 0 Å². The van der Waals surface area contributed by atoms with Crippen molar-refractivity contribution in [3.63, 3.8) is 0 Å². The molecule has 0 aliphatic carbocycles. The summed E-state index contributed by atoms with van der Waals surface area (Å²) in [6.07, 6.45) is -0.191. The summed E-state index contributed by atoms with van der Waals surface area (Å²) < 4.78 is 10.3. The van der Waals surface area contributed by atoms with Crippen molar-refractivity contribution in [2.45, 2.75) is 11.5 Å². The number of ether oxygens (including phenoxy) is 2. The molecule has 0 bridgehead atoms. The number of rotatable bonds is 1. The van der Waals surface area contributed by atoms with Crippen LogP contribution in [0.1, 0.15) is 0 Å². The molecule has 0 saturated carbocycles. The van der Waals surface area contributed by atoms with Crippen LogP contribution < -0.4 is 0 Å². The molecule has 0 amide bonds. The largest absolute Gasteiger partial charge is 0.394 e. The summed E-state index contributed by atoms with van der Waals surface area (Å²) in [5, 5.41) is 8.58. The van der Waals surface area contributed by atoms with Crippen LogP contribution in [0.3, 0.4) is 0 Å². The molecule has 1 fully saturated rings. The average molecular weight is 167 g/mol. The van der Waals surface area contributed by atoms with Gasteiger partial charge in [0.15, 0.2) is 0 Å². The van der Waals surface area contributed by atoms with Gasteiger partial charge in [0.2, 0.25) is 0 Å². The van der Waals surface area contributed by atoms with E-state index in [0.717, 1.165) is 0 Å². The highest BCUT2D eigenvalue weighted by Crippen LogP contribution is 2.06. The van der Waals surface area contributed by atoms with E-state index in [1.165, 1.54) is 0 Å². The Morgan fingerprint density at radius 2 is 2.20 bits per heavy atom. The Morgan fingerprint density at radius 1 is 1.40 bits per heavy atom. The molecule has 0 unspecified atom stereocenters. The van der Waals surface area contributed by atoms with Crippen LogP contribution >= 0.6 is 11.6 Å². The lowest BCUT2D eigenvalue weighted by Crippen LogP contribution is -2.21. The summed E-state index contributed by atoms with van der Waals surface area (Å²) in [5.74, 6) is 0. The smallest absolute Gasteiger partial charge is 0.104 e. The van der Waals surface area contributed by atoms with E-state index in [1.54, 1.807) is 0 Å². The van der Waals surface area contributed by atoms with Crippen molar-refractivity contribution in [1.82, 2.24) is 0 Å². The van der Waals surface area contributed by atoms with E-state index in [1.807, 2.05) is 0 Å². The number of alkyl halides is 1. The van der Waals surface area contributed by atoms with E-state index < -0.39 is 0 Å². The van der Waals surface area contributed by atoms with E-state index in [4.69, 9.17) is 26.2 Å². The molecule has 2 atom stereocenters. The van der Waals surface area contributed by atoms with E-state index in [2.05, 4.69) is 0 Å². The van der Waals surface area contributed by atoms with Crippen molar-refractivity contribution in [3.05, 3.63) is 0 Å². The van der Waals surface area contributed by atoms with E-state index in [-0.39, 0.29) is 18.1 Å². The maximum absolute atomic E-state index is 8.65. The maximum Gasteiger partial charge on any atom is 0.104 e. The minimum Gasteiger partial charge on any atom is -0.394 e. The Balaban J connectivity index is 2.26. The molecule has 1 aliphatic rings. The zero-order valence-electron chi connectivity index (χ0n) is 5.62. The fourth-order valence-electron chi connectivity index (χ4n) is 0.769. The molecule has 10 heavy (non-hydrogen) atoms. The van der Waals surface area contributed by atoms with Crippen LogP contribution in [0.5, 0.6) is 0 Å². The number of aliphatic hydroxyl groups is 1. The fourth-order valence-corrected chi connectivity index (χ4v) is 0.931. The highest BCUT2D eigenvalue weighted by Gasteiger charge is 2.16. The monoisotopic (exact) mass is 166 g/mol. The third-order valence-electron chi connectivity index (χ3n) is 1.32. The van der Waals surface area contributed by atoms with Crippen molar-refractivity contribution in [2.24, 2.45) is 0 Å². The Bertz CT molecular complexity index is 99.0. The van der Waals surface area contributed by atoms with Gasteiger partial charge in [-0.05, 0) is 0 Å². The van der Waals surface area contributed by atoms with Crippen molar-refractivity contribution in [3.8, 4) is 0 Å². The van der Waals surface area contributed by atoms with Crippen molar-refractivity contribution >= 4 is 11.6 Å². The highest BCUT2D eigenvalue weighted by molar-refractivity contribution is 6.20. The molecule has 0 aromatic rings. The van der Waals surface area contributed by atoms with Gasteiger partial charge in [0.05, 0.1) is 31.8 Å². The normalized spacial score (nSPS) is 35.4. The SMILES string of the molecule is OC[C@@H]1COC[C@@H](Cl)CO1. The molecule has 1 heterocycles. The maximum atomic E-state index is 8.65. The van der Waals surface area contributed by atoms with Gasteiger partial charge in [-0.15, -0.1) is 11.6 Å². The summed E-state index contributed by atoms with van der Waals surface area (Å²) >= 11 is 5.71. The lowest BCUT2D eigenvalue weighted by atomic mass is 10.4. The van der Waals surface area contributed by atoms with Gasteiger partial charge in [0.25, 0.3) is 0 Å². The van der Waals surface area contributed by atoms with Crippen LogP contribution in [0.2, 0.25) is 0 Å². The molecule has 60 valence electrons. The summed E-state index contributed by atoms with van der Waals surface area (Å²) in [6, 6.07) is 0. The zero-order chi connectivity index (χ0) is 7.40. The molecule has 1 saturated heterocycles. The molecule has 0 aromatic heterocycles. The predicted octanol–water partition coefficient (Wildman–Crippen LogP) is 0.00150. The van der Waals surface area contributed by atoms with Crippen LogP contribution in [0.4, 0.5) is 0 Å². The van der Waals surface area contributed by atoms with E-state index in [0.29, 0.717) is 19.8 Å². The zero-order valence-corrected chi connectivity index (χ0v) is 6.38. The summed E-state index contributed by atoms with van der Waals surface area (Å²) in [7, 11) is 0. The van der Waals surface area contributed by atoms with Gasteiger partial charge in [0.1, 0.15) is 6.10 Å². The Morgan fingerprint density at radius 3 is 2.90 bits per heavy atom. The van der Waals surface area contributed by atoms with Crippen LogP contribution in [0, 0.1) is 0 Å². The quantitative estimate of drug-likeness (QED) is 0.558. The van der Waals surface area contributed by atoms with Gasteiger partial charge in [-0.3, -0.25) is 0 Å². The third kappa shape index (κ3) is 2.42. The van der Waals surface area contributed by atoms with Gasteiger partial charge in [-0.2, -0.15) is 0 Å². The first-order chi connectivity index (χ1) is 4.83. The lowest BCUT2D eigenvalue weighted by molar-refractivity contribution is -0.00795. The van der Waals surface area contributed by atoms with Crippen LogP contribution in [0.15, 0.2) is 0 Å². The van der Waals surface area contributed by atoms with Gasteiger partial charge >= 0.3 is 0 Å². The number of hydrogen-bond donors (Lipinski definition) is 1. The first-order valence-electron chi connectivity index (χ1n) is 3.27. The first-order valence-corrected chi connectivity index (χ1v) is 3.71. The standard InChI is InChI=1S/C6H11ClO3/c7-5-2-9-4-6(1-8)10-3-5/h5-6,8H,1-4H2/t5-,6-/m1/s1. The van der Waals surface area contributed by atoms with Gasteiger partial charge in [-0.1, -0.05) is 0 Å². The predicted molar refractivity (Wildman–Crippen MR) is 37.3 cm³/mol. The van der Waals surface area contributed by atoms with Crippen LogP contribution in [0.25, 0.3) is 0 Å². The summed E-state index contributed by atoms with van der Waals surface area (Å²) in [5.41, 5.74) is 0. The molecule has 1 rings (SSSR count). The molecular formula is C6H11ClO3. The molecule has 4 heteroatoms. The second-order valence-electron chi connectivity index (χ2n) is 2.27. The number of aliphatic hydroxyl groups excluding tert-OH is 1. The molecule has 3 nitrogen and oxygen atoms in total. The molecule has 0 aromatic carbocycles. The number of halogens is 1. The second-order valence-corrected chi connectivity index (χ2v) is 2.89. The Labute approximate surface area is 64.9 Å². The molecular weight excluding hydrogens is 156 g/mol. The molecule has 1 aliphatic heterocycles. The van der Waals surface area contributed by atoms with Crippen molar-refractivity contribution < 1.29 is 14.6 Å². The fraction of sp³-hybridized carbons (Fsp3) is 1.00. The second kappa shape index (κ2) is 4.13. The highest BCUT2D eigenvalue weighted by atomic mass is 35.5. The molecule has 1 N–H and O–H groups in total. The summed E-state index contributed by atoms with van der Waals surface area (Å²) in [6.45, 7) is 1.42. The van der Waals surface area contributed by atoms with Gasteiger partial charge < -0.3 is 14.6 Å². The Kier molecular flexibility index (Phi) is 3.42. The van der Waals surface area contributed by atoms with Crippen molar-refractivity contribution in [2.75, 3.05) is 26.4 Å². The molecule has 0 radical (unpaired) electrons. The van der Waals surface area contributed by atoms with Crippen molar-refractivity contribution in [1.29, 1.82) is 0 Å². The minimum atomic E-state index is -0.191. The van der Waals surface area contributed by atoms with Crippen LogP contribution in [-0.4, -0.2) is 43.0 Å². The first kappa shape index (κ1) is 8.27. The third-order valence-corrected chi connectivity index (χ3v) is 1.57. The average Bonchev–Trinajstić information content (AvgIpc) is 2.14.